The Morgan fingerprint density at radius 3 is 2.26 bits per heavy atom. The molecule has 1 aliphatic rings. The second-order valence-corrected chi connectivity index (χ2v) is 6.27. The minimum Gasteiger partial charge on any atom is -0.364 e. The summed E-state index contributed by atoms with van der Waals surface area (Å²) in [6.07, 6.45) is 0.689. The smallest absolute Gasteiger partial charge is 0.251 e. The van der Waals surface area contributed by atoms with Gasteiger partial charge in [-0.1, -0.05) is 48.5 Å². The molecule has 4 N–H and O–H groups in total. The lowest BCUT2D eigenvalue weighted by molar-refractivity contribution is -0.135. The van der Waals surface area contributed by atoms with Gasteiger partial charge in [0.15, 0.2) is 0 Å². The molecule has 0 radical (unpaired) electrons. The maximum absolute atomic E-state index is 12.8. The summed E-state index contributed by atoms with van der Waals surface area (Å²) >= 11 is 0. The van der Waals surface area contributed by atoms with Crippen molar-refractivity contribution in [1.29, 1.82) is 0 Å². The summed E-state index contributed by atoms with van der Waals surface area (Å²) in [7, 11) is 0. The van der Waals surface area contributed by atoms with Gasteiger partial charge in [0, 0.05) is 12.2 Å². The Balaban J connectivity index is 0.00000261. The average molecular weight is 390 g/mol. The van der Waals surface area contributed by atoms with Gasteiger partial charge in [0.2, 0.25) is 5.91 Å². The maximum atomic E-state index is 12.8. The van der Waals surface area contributed by atoms with Gasteiger partial charge in [-0.3, -0.25) is 9.59 Å². The van der Waals surface area contributed by atoms with E-state index >= 15 is 0 Å². The summed E-state index contributed by atoms with van der Waals surface area (Å²) in [5, 5.41) is 5.67. The van der Waals surface area contributed by atoms with Crippen molar-refractivity contribution < 1.29 is 14.3 Å². The van der Waals surface area contributed by atoms with E-state index < -0.39 is 12.1 Å². The maximum Gasteiger partial charge on any atom is 0.251 e. The average Bonchev–Trinajstić information content (AvgIpc) is 3.17. The molecule has 1 unspecified atom stereocenters. The van der Waals surface area contributed by atoms with Crippen molar-refractivity contribution in [3.63, 3.8) is 0 Å². The number of amides is 2. The highest BCUT2D eigenvalue weighted by atomic mass is 35.5. The minimum absolute atomic E-state index is 0. The van der Waals surface area contributed by atoms with Crippen molar-refractivity contribution in [2.24, 2.45) is 5.73 Å². The number of benzene rings is 2. The summed E-state index contributed by atoms with van der Waals surface area (Å²) in [5.74, 6) is -0.595. The Hall–Kier alpha value is -2.41. The van der Waals surface area contributed by atoms with E-state index in [-0.39, 0.29) is 30.3 Å². The second kappa shape index (κ2) is 10.1. The highest BCUT2D eigenvalue weighted by Crippen LogP contribution is 2.21. The number of hydrogen-bond donors (Lipinski definition) is 3. The van der Waals surface area contributed by atoms with Gasteiger partial charge in [-0.15, -0.1) is 12.4 Å². The lowest BCUT2D eigenvalue weighted by atomic mass is 10.1. The molecule has 2 aromatic rings. The van der Waals surface area contributed by atoms with Crippen LogP contribution in [0.3, 0.4) is 0 Å². The lowest BCUT2D eigenvalue weighted by Gasteiger charge is -2.21. The van der Waals surface area contributed by atoms with E-state index in [1.807, 2.05) is 48.5 Å². The molecule has 0 aromatic heterocycles. The van der Waals surface area contributed by atoms with Crippen LogP contribution in [0.4, 0.5) is 5.69 Å². The van der Waals surface area contributed by atoms with Crippen LogP contribution in [0.5, 0.6) is 0 Å². The predicted molar refractivity (Wildman–Crippen MR) is 107 cm³/mol. The van der Waals surface area contributed by atoms with Gasteiger partial charge in [-0.25, -0.2) is 0 Å². The van der Waals surface area contributed by atoms with E-state index in [2.05, 4.69) is 10.6 Å². The van der Waals surface area contributed by atoms with Crippen LogP contribution >= 0.6 is 12.4 Å². The van der Waals surface area contributed by atoms with Crippen LogP contribution in [0, 0.1) is 0 Å². The van der Waals surface area contributed by atoms with E-state index in [0.29, 0.717) is 24.2 Å². The largest absolute Gasteiger partial charge is 0.364 e. The molecule has 2 amide bonds. The Bertz CT molecular complexity index is 743. The van der Waals surface area contributed by atoms with Crippen LogP contribution in [0.25, 0.3) is 0 Å². The third-order valence-corrected chi connectivity index (χ3v) is 4.39. The molecule has 27 heavy (non-hydrogen) atoms. The van der Waals surface area contributed by atoms with Gasteiger partial charge in [0.1, 0.15) is 12.1 Å². The number of carbonyl (C=O) groups excluding carboxylic acids is 2. The van der Waals surface area contributed by atoms with E-state index in [4.69, 9.17) is 10.5 Å². The van der Waals surface area contributed by atoms with Crippen molar-refractivity contribution in [3.05, 3.63) is 66.2 Å². The van der Waals surface area contributed by atoms with E-state index in [0.717, 1.165) is 6.42 Å². The second-order valence-electron chi connectivity index (χ2n) is 6.27. The van der Waals surface area contributed by atoms with Crippen LogP contribution in [-0.4, -0.2) is 30.6 Å². The van der Waals surface area contributed by atoms with Crippen LogP contribution in [0.15, 0.2) is 60.7 Å². The predicted octanol–water partition coefficient (Wildman–Crippen LogP) is 2.41. The highest BCUT2D eigenvalue weighted by molar-refractivity contribution is 5.98. The molecular weight excluding hydrogens is 366 g/mol. The number of ether oxygens (including phenoxy) is 1. The summed E-state index contributed by atoms with van der Waals surface area (Å²) in [6, 6.07) is 17.5. The van der Waals surface area contributed by atoms with E-state index in [1.54, 1.807) is 12.1 Å². The summed E-state index contributed by atoms with van der Waals surface area (Å²) in [5.41, 5.74) is 6.99. The molecule has 144 valence electrons. The normalized spacial score (nSPS) is 19.6. The van der Waals surface area contributed by atoms with Crippen molar-refractivity contribution in [3.8, 4) is 0 Å². The number of hydrogen-bond acceptors (Lipinski definition) is 4. The highest BCUT2D eigenvalue weighted by Gasteiger charge is 2.32. The van der Waals surface area contributed by atoms with Crippen molar-refractivity contribution in [2.45, 2.75) is 31.1 Å². The minimum atomic E-state index is -0.801. The number of anilines is 1. The SMILES string of the molecule is Cl.NC[C@H]1CC[C@@H](C(=O)NC(C(=O)Nc2ccccc2)c2ccccc2)O1. The molecular formula is C20H24ClN3O3. The summed E-state index contributed by atoms with van der Waals surface area (Å²) in [6.45, 7) is 0.389. The fourth-order valence-corrected chi connectivity index (χ4v) is 2.99. The van der Waals surface area contributed by atoms with Gasteiger partial charge in [0.05, 0.1) is 6.10 Å². The molecule has 1 fully saturated rings. The molecule has 3 rings (SSSR count). The molecule has 7 heteroatoms. The van der Waals surface area contributed by atoms with E-state index in [1.165, 1.54) is 0 Å². The standard InChI is InChI=1S/C20H23N3O3.ClH/c21-13-16-11-12-17(26-16)19(24)23-18(14-7-3-1-4-8-14)20(25)22-15-9-5-2-6-10-15;/h1-10,16-18H,11-13,21H2,(H,22,25)(H,23,24);1H/t16-,17+,18?;/m1./s1. The molecule has 0 spiro atoms. The molecule has 0 saturated carbocycles. The first kappa shape index (κ1) is 20.9. The van der Waals surface area contributed by atoms with Crippen molar-refractivity contribution in [1.82, 2.24) is 5.32 Å². The van der Waals surface area contributed by atoms with Crippen LogP contribution < -0.4 is 16.4 Å². The Labute approximate surface area is 164 Å². The van der Waals surface area contributed by atoms with Gasteiger partial charge in [-0.05, 0) is 30.5 Å². The van der Waals surface area contributed by atoms with Gasteiger partial charge < -0.3 is 21.1 Å². The third-order valence-electron chi connectivity index (χ3n) is 4.39. The molecule has 1 aliphatic heterocycles. The lowest BCUT2D eigenvalue weighted by Crippen LogP contribution is -2.42. The van der Waals surface area contributed by atoms with Gasteiger partial charge in [-0.2, -0.15) is 0 Å². The Morgan fingerprint density at radius 2 is 1.67 bits per heavy atom. The van der Waals surface area contributed by atoms with Crippen LogP contribution in [0.1, 0.15) is 24.4 Å². The third kappa shape index (κ3) is 5.53. The zero-order chi connectivity index (χ0) is 18.4. The van der Waals surface area contributed by atoms with Crippen molar-refractivity contribution in [2.75, 3.05) is 11.9 Å². The summed E-state index contributed by atoms with van der Waals surface area (Å²) in [4.78, 5) is 25.4. The molecule has 0 aliphatic carbocycles. The Kier molecular flexibility index (Phi) is 7.79. The first-order chi connectivity index (χ1) is 12.7. The number of rotatable bonds is 6. The monoisotopic (exact) mass is 389 g/mol. The molecule has 1 saturated heterocycles. The quantitative estimate of drug-likeness (QED) is 0.707. The van der Waals surface area contributed by atoms with Crippen molar-refractivity contribution >= 4 is 29.9 Å². The van der Waals surface area contributed by atoms with Crippen LogP contribution in [-0.2, 0) is 14.3 Å². The van der Waals surface area contributed by atoms with Gasteiger partial charge >= 0.3 is 0 Å². The van der Waals surface area contributed by atoms with E-state index in [9.17, 15) is 9.59 Å². The molecule has 6 nitrogen and oxygen atoms in total. The molecule has 1 heterocycles. The first-order valence-electron chi connectivity index (χ1n) is 8.74. The number of nitrogens with two attached hydrogens (primary N) is 1. The first-order valence-corrected chi connectivity index (χ1v) is 8.74. The zero-order valence-corrected chi connectivity index (χ0v) is 15.7. The fraction of sp³-hybridized carbons (Fsp3) is 0.300. The topological polar surface area (TPSA) is 93.5 Å². The van der Waals surface area contributed by atoms with Crippen LogP contribution in [0.2, 0.25) is 0 Å². The Morgan fingerprint density at radius 1 is 1.04 bits per heavy atom. The zero-order valence-electron chi connectivity index (χ0n) is 14.8. The molecule has 3 atom stereocenters. The molecule has 0 bridgehead atoms. The number of nitrogens with one attached hydrogen (secondary N) is 2. The number of halogens is 1. The fourth-order valence-electron chi connectivity index (χ4n) is 2.99. The summed E-state index contributed by atoms with van der Waals surface area (Å²) < 4.78 is 5.64. The molecule has 2 aromatic carbocycles. The number of carbonyl (C=O) groups is 2. The number of para-hydroxylation sites is 1. The van der Waals surface area contributed by atoms with Gasteiger partial charge in [0.25, 0.3) is 5.91 Å².